The van der Waals surface area contributed by atoms with Crippen LogP contribution in [0, 0.1) is 0 Å². The van der Waals surface area contributed by atoms with Gasteiger partial charge < -0.3 is 4.74 Å². The van der Waals surface area contributed by atoms with E-state index in [1.165, 1.54) is 22.3 Å². The van der Waals surface area contributed by atoms with Gasteiger partial charge in [0.05, 0.1) is 12.2 Å². The number of ether oxygens (including phenoxy) is 1. The van der Waals surface area contributed by atoms with E-state index >= 15 is 0 Å². The fourth-order valence-corrected chi connectivity index (χ4v) is 3.51. The molecular formula is C22H18O2. The summed E-state index contributed by atoms with van der Waals surface area (Å²) < 4.78 is 5.06. The van der Waals surface area contributed by atoms with Crippen LogP contribution in [0.4, 0.5) is 0 Å². The maximum absolute atomic E-state index is 11.8. The molecule has 4 rings (SSSR count). The van der Waals surface area contributed by atoms with Gasteiger partial charge in [0.15, 0.2) is 0 Å². The minimum absolute atomic E-state index is 0.271. The SMILES string of the molecule is CCOC(=O)c1ccc(C2=C3C=CC=CC3c3ccccc32)cc1. The van der Waals surface area contributed by atoms with Crippen molar-refractivity contribution in [1.82, 2.24) is 0 Å². The van der Waals surface area contributed by atoms with Crippen LogP contribution in [-0.2, 0) is 4.74 Å². The molecule has 0 aromatic heterocycles. The molecule has 0 heterocycles. The van der Waals surface area contributed by atoms with Gasteiger partial charge in [-0.1, -0.05) is 60.7 Å². The van der Waals surface area contributed by atoms with E-state index < -0.39 is 0 Å². The number of carbonyl (C=O) groups is 1. The maximum Gasteiger partial charge on any atom is 0.338 e. The first-order valence-corrected chi connectivity index (χ1v) is 8.25. The number of fused-ring (bicyclic) bond motifs is 3. The molecule has 0 radical (unpaired) electrons. The summed E-state index contributed by atoms with van der Waals surface area (Å²) in [7, 11) is 0. The first-order chi connectivity index (χ1) is 11.8. The highest BCUT2D eigenvalue weighted by Gasteiger charge is 2.29. The summed E-state index contributed by atoms with van der Waals surface area (Å²) in [6.07, 6.45) is 8.63. The van der Waals surface area contributed by atoms with Crippen LogP contribution in [-0.4, -0.2) is 12.6 Å². The third-order valence-electron chi connectivity index (χ3n) is 4.56. The Hall–Kier alpha value is -2.87. The molecule has 2 aromatic rings. The lowest BCUT2D eigenvalue weighted by molar-refractivity contribution is 0.0526. The van der Waals surface area contributed by atoms with Crippen molar-refractivity contribution in [1.29, 1.82) is 0 Å². The Balaban J connectivity index is 1.79. The van der Waals surface area contributed by atoms with Gasteiger partial charge >= 0.3 is 5.97 Å². The summed E-state index contributed by atoms with van der Waals surface area (Å²) in [5.74, 6) is 0.0535. The third-order valence-corrected chi connectivity index (χ3v) is 4.56. The molecule has 118 valence electrons. The molecule has 0 amide bonds. The maximum atomic E-state index is 11.8. The van der Waals surface area contributed by atoms with Gasteiger partial charge in [0, 0.05) is 5.92 Å². The first kappa shape index (κ1) is 14.7. The Bertz CT molecular complexity index is 882. The molecular weight excluding hydrogens is 296 g/mol. The fraction of sp³-hybridized carbons (Fsp3) is 0.136. The van der Waals surface area contributed by atoms with Crippen molar-refractivity contribution >= 4 is 11.5 Å². The van der Waals surface area contributed by atoms with Gasteiger partial charge in [-0.25, -0.2) is 4.79 Å². The summed E-state index contributed by atoms with van der Waals surface area (Å²) in [6, 6.07) is 16.3. The van der Waals surface area contributed by atoms with Gasteiger partial charge in [0.2, 0.25) is 0 Å². The largest absolute Gasteiger partial charge is 0.462 e. The van der Waals surface area contributed by atoms with Crippen LogP contribution < -0.4 is 0 Å². The van der Waals surface area contributed by atoms with Crippen LogP contribution in [0.5, 0.6) is 0 Å². The first-order valence-electron chi connectivity index (χ1n) is 8.25. The molecule has 1 unspecified atom stereocenters. The van der Waals surface area contributed by atoms with Crippen LogP contribution in [0.15, 0.2) is 78.4 Å². The molecule has 2 aliphatic rings. The quantitative estimate of drug-likeness (QED) is 0.754. The Morgan fingerprint density at radius 3 is 2.62 bits per heavy atom. The van der Waals surface area contributed by atoms with Crippen LogP contribution in [0.1, 0.15) is 39.9 Å². The molecule has 2 nitrogen and oxygen atoms in total. The number of carbonyl (C=O) groups excluding carboxylic acids is 1. The van der Waals surface area contributed by atoms with Crippen molar-refractivity contribution in [2.24, 2.45) is 0 Å². The molecule has 0 aliphatic heterocycles. The second-order valence-corrected chi connectivity index (χ2v) is 5.94. The zero-order valence-corrected chi connectivity index (χ0v) is 13.5. The molecule has 0 N–H and O–H groups in total. The zero-order chi connectivity index (χ0) is 16.5. The number of esters is 1. The molecule has 2 aromatic carbocycles. The molecule has 0 spiro atoms. The average molecular weight is 314 g/mol. The van der Waals surface area contributed by atoms with E-state index in [0.29, 0.717) is 18.1 Å². The Kier molecular flexibility index (Phi) is 3.66. The monoisotopic (exact) mass is 314 g/mol. The van der Waals surface area contributed by atoms with E-state index in [0.717, 1.165) is 5.56 Å². The molecule has 24 heavy (non-hydrogen) atoms. The Labute approximate surface area is 141 Å². The van der Waals surface area contributed by atoms with Gasteiger partial charge in [-0.3, -0.25) is 0 Å². The van der Waals surface area contributed by atoms with Crippen molar-refractivity contribution in [2.45, 2.75) is 12.8 Å². The molecule has 0 bridgehead atoms. The summed E-state index contributed by atoms with van der Waals surface area (Å²) in [6.45, 7) is 2.21. The predicted octanol–water partition coefficient (Wildman–Crippen LogP) is 4.89. The molecule has 2 aliphatic carbocycles. The lowest BCUT2D eigenvalue weighted by Gasteiger charge is -2.12. The molecule has 0 saturated heterocycles. The summed E-state index contributed by atoms with van der Waals surface area (Å²) in [4.78, 5) is 11.8. The third kappa shape index (κ3) is 2.31. The predicted molar refractivity (Wildman–Crippen MR) is 95.9 cm³/mol. The normalized spacial score (nSPS) is 17.6. The van der Waals surface area contributed by atoms with E-state index in [-0.39, 0.29) is 5.97 Å². The van der Waals surface area contributed by atoms with Crippen molar-refractivity contribution < 1.29 is 9.53 Å². The van der Waals surface area contributed by atoms with E-state index in [1.54, 1.807) is 0 Å². The van der Waals surface area contributed by atoms with Crippen molar-refractivity contribution in [3.63, 3.8) is 0 Å². The lowest BCUT2D eigenvalue weighted by Crippen LogP contribution is -2.04. The molecule has 2 heteroatoms. The Morgan fingerprint density at radius 1 is 1.04 bits per heavy atom. The van der Waals surface area contributed by atoms with Crippen LogP contribution in [0.2, 0.25) is 0 Å². The zero-order valence-electron chi connectivity index (χ0n) is 13.5. The standard InChI is InChI=1S/C22H18O2/c1-2-24-22(23)16-13-11-15(12-14-16)21-19-9-5-3-7-17(19)18-8-4-6-10-20(18)21/h3-14,17H,2H2,1H3. The van der Waals surface area contributed by atoms with Crippen LogP contribution in [0.25, 0.3) is 5.57 Å². The minimum Gasteiger partial charge on any atom is -0.462 e. The lowest BCUT2D eigenvalue weighted by atomic mass is 9.91. The van der Waals surface area contributed by atoms with Crippen molar-refractivity contribution in [3.8, 4) is 0 Å². The van der Waals surface area contributed by atoms with E-state index in [9.17, 15) is 4.79 Å². The molecule has 1 atom stereocenters. The fourth-order valence-electron chi connectivity index (χ4n) is 3.51. The second-order valence-electron chi connectivity index (χ2n) is 5.94. The topological polar surface area (TPSA) is 26.3 Å². The summed E-state index contributed by atoms with van der Waals surface area (Å²) in [5, 5.41) is 0. The van der Waals surface area contributed by atoms with Crippen molar-refractivity contribution in [3.05, 3.63) is 101 Å². The van der Waals surface area contributed by atoms with E-state index in [1.807, 2.05) is 31.2 Å². The smallest absolute Gasteiger partial charge is 0.338 e. The number of hydrogen-bond acceptors (Lipinski definition) is 2. The van der Waals surface area contributed by atoms with Gasteiger partial charge in [0.1, 0.15) is 0 Å². The van der Waals surface area contributed by atoms with Crippen LogP contribution >= 0.6 is 0 Å². The molecule has 0 saturated carbocycles. The van der Waals surface area contributed by atoms with Crippen molar-refractivity contribution in [2.75, 3.05) is 6.61 Å². The summed E-state index contributed by atoms with van der Waals surface area (Å²) in [5.41, 5.74) is 6.92. The highest BCUT2D eigenvalue weighted by Crippen LogP contribution is 2.47. The Morgan fingerprint density at radius 2 is 1.83 bits per heavy atom. The summed E-state index contributed by atoms with van der Waals surface area (Å²) >= 11 is 0. The average Bonchev–Trinajstić information content (AvgIpc) is 2.97. The van der Waals surface area contributed by atoms with Gasteiger partial charge in [-0.05, 0) is 46.9 Å². The van der Waals surface area contributed by atoms with Gasteiger partial charge in [-0.15, -0.1) is 0 Å². The highest BCUT2D eigenvalue weighted by atomic mass is 16.5. The second kappa shape index (κ2) is 5.97. The number of benzene rings is 2. The number of rotatable bonds is 3. The molecule has 0 fully saturated rings. The minimum atomic E-state index is -0.271. The highest BCUT2D eigenvalue weighted by molar-refractivity contribution is 5.93. The number of hydrogen-bond donors (Lipinski definition) is 0. The van der Waals surface area contributed by atoms with E-state index in [4.69, 9.17) is 4.74 Å². The van der Waals surface area contributed by atoms with Gasteiger partial charge in [0.25, 0.3) is 0 Å². The van der Waals surface area contributed by atoms with E-state index in [2.05, 4.69) is 48.6 Å². The van der Waals surface area contributed by atoms with Gasteiger partial charge in [-0.2, -0.15) is 0 Å². The van der Waals surface area contributed by atoms with Crippen LogP contribution in [0.3, 0.4) is 0 Å². The number of allylic oxidation sites excluding steroid dienone is 5.